The zero-order valence-corrected chi connectivity index (χ0v) is 18.5. The molecule has 30 heavy (non-hydrogen) atoms. The number of rotatable bonds is 6. The highest BCUT2D eigenvalue weighted by Crippen LogP contribution is 2.60. The van der Waals surface area contributed by atoms with Crippen LogP contribution in [0.3, 0.4) is 0 Å². The molecule has 0 spiro atoms. The van der Waals surface area contributed by atoms with E-state index in [1.807, 2.05) is 51.1 Å². The van der Waals surface area contributed by atoms with E-state index >= 15 is 0 Å². The number of hydrogen-bond donors (Lipinski definition) is 1. The number of amides is 1. The molecule has 4 fully saturated rings. The van der Waals surface area contributed by atoms with Gasteiger partial charge in [0.25, 0.3) is 0 Å². The summed E-state index contributed by atoms with van der Waals surface area (Å²) < 4.78 is 5.71. The van der Waals surface area contributed by atoms with Crippen LogP contribution in [0.5, 0.6) is 0 Å². The lowest BCUT2D eigenvalue weighted by molar-refractivity contribution is -0.145. The monoisotopic (exact) mass is 413 g/mol. The van der Waals surface area contributed by atoms with Crippen LogP contribution in [0.25, 0.3) is 0 Å². The Kier molecular flexibility index (Phi) is 5.58. The summed E-state index contributed by atoms with van der Waals surface area (Å²) in [7, 11) is 0. The second-order valence-electron chi connectivity index (χ2n) is 11.1. The first-order chi connectivity index (χ1) is 14.1. The van der Waals surface area contributed by atoms with E-state index in [1.54, 1.807) is 4.90 Å². The van der Waals surface area contributed by atoms with Crippen LogP contribution in [0.2, 0.25) is 0 Å². The first kappa shape index (κ1) is 21.2. The summed E-state index contributed by atoms with van der Waals surface area (Å²) in [4.78, 5) is 27.2. The highest BCUT2D eigenvalue weighted by Gasteiger charge is 2.52. The minimum Gasteiger partial charge on any atom is -0.480 e. The molecule has 0 heterocycles. The fourth-order valence-electron chi connectivity index (χ4n) is 6.64. The summed E-state index contributed by atoms with van der Waals surface area (Å²) in [5, 5.41) is 10.1. The smallest absolute Gasteiger partial charge is 0.411 e. The topological polar surface area (TPSA) is 66.8 Å². The van der Waals surface area contributed by atoms with Crippen LogP contribution in [-0.2, 0) is 16.0 Å². The zero-order valence-electron chi connectivity index (χ0n) is 18.5. The van der Waals surface area contributed by atoms with Gasteiger partial charge in [0.2, 0.25) is 0 Å². The molecular weight excluding hydrogens is 378 g/mol. The third kappa shape index (κ3) is 4.65. The number of benzene rings is 1. The summed E-state index contributed by atoms with van der Waals surface area (Å²) in [6.07, 6.45) is 7.11. The number of hydrogen-bond acceptors (Lipinski definition) is 3. The molecule has 4 saturated carbocycles. The van der Waals surface area contributed by atoms with Gasteiger partial charge in [0, 0.05) is 13.0 Å². The Morgan fingerprint density at radius 2 is 1.60 bits per heavy atom. The van der Waals surface area contributed by atoms with Crippen LogP contribution in [0, 0.1) is 23.2 Å². The fraction of sp³-hybridized carbons (Fsp3) is 0.680. The number of ether oxygens (including phenoxy) is 1. The molecule has 0 aliphatic heterocycles. The van der Waals surface area contributed by atoms with E-state index < -0.39 is 23.7 Å². The number of carbonyl (C=O) groups is 2. The minimum atomic E-state index is -0.963. The summed E-state index contributed by atoms with van der Waals surface area (Å²) in [5.41, 5.74) is 0.312. The van der Waals surface area contributed by atoms with Crippen molar-refractivity contribution in [1.29, 1.82) is 0 Å². The number of aliphatic carboxylic acids is 1. The maximum atomic E-state index is 13.3. The van der Waals surface area contributed by atoms with Gasteiger partial charge in [-0.3, -0.25) is 4.90 Å². The summed E-state index contributed by atoms with van der Waals surface area (Å²) in [6, 6.07) is 8.66. The molecule has 164 valence electrons. The van der Waals surface area contributed by atoms with Gasteiger partial charge in [-0.2, -0.15) is 0 Å². The molecule has 1 N–H and O–H groups in total. The number of carboxylic acids is 1. The Bertz CT molecular complexity index is 747. The predicted octanol–water partition coefficient (Wildman–Crippen LogP) is 5.14. The van der Waals surface area contributed by atoms with E-state index in [2.05, 4.69) is 0 Å². The number of carboxylic acid groups (broad SMARTS) is 1. The van der Waals surface area contributed by atoms with Crippen molar-refractivity contribution in [3.63, 3.8) is 0 Å². The molecule has 4 aliphatic carbocycles. The number of nitrogens with zero attached hydrogens (tertiary/aromatic N) is 1. The van der Waals surface area contributed by atoms with Gasteiger partial charge in [-0.05, 0) is 88.0 Å². The standard InChI is InChI=1S/C25H35NO4/c1-24(2,3)30-23(29)26(21(22(27)28)12-17-7-5-4-6-8-17)16-25-13-18-9-19(14-25)11-20(10-18)15-25/h4-8,18-21H,9-16H2,1-3H3,(H,27,28)/t18?,19?,20?,21-,25?/m0/s1. The highest BCUT2D eigenvalue weighted by molar-refractivity contribution is 5.80. The van der Waals surface area contributed by atoms with E-state index in [0.717, 1.165) is 42.6 Å². The molecule has 1 amide bonds. The third-order valence-corrected chi connectivity index (χ3v) is 7.23. The Morgan fingerprint density at radius 3 is 2.07 bits per heavy atom. The molecule has 0 unspecified atom stereocenters. The molecule has 0 aromatic heterocycles. The molecule has 0 saturated heterocycles. The van der Waals surface area contributed by atoms with Crippen molar-refractivity contribution in [1.82, 2.24) is 4.90 Å². The van der Waals surface area contributed by atoms with Gasteiger partial charge in [0.05, 0.1) is 0 Å². The van der Waals surface area contributed by atoms with Gasteiger partial charge in [-0.25, -0.2) is 9.59 Å². The summed E-state index contributed by atoms with van der Waals surface area (Å²) in [5.74, 6) is 1.27. The van der Waals surface area contributed by atoms with Crippen LogP contribution in [-0.4, -0.2) is 40.3 Å². The first-order valence-electron chi connectivity index (χ1n) is 11.4. The Morgan fingerprint density at radius 1 is 1.07 bits per heavy atom. The second-order valence-corrected chi connectivity index (χ2v) is 11.1. The van der Waals surface area contributed by atoms with Gasteiger partial charge >= 0.3 is 12.1 Å². The van der Waals surface area contributed by atoms with Crippen molar-refractivity contribution in [2.45, 2.75) is 77.4 Å². The lowest BCUT2D eigenvalue weighted by Gasteiger charge is -2.58. The van der Waals surface area contributed by atoms with Gasteiger partial charge in [0.15, 0.2) is 0 Å². The van der Waals surface area contributed by atoms with Crippen molar-refractivity contribution < 1.29 is 19.4 Å². The van der Waals surface area contributed by atoms with Crippen molar-refractivity contribution in [2.24, 2.45) is 23.2 Å². The molecular formula is C25H35NO4. The third-order valence-electron chi connectivity index (χ3n) is 7.23. The van der Waals surface area contributed by atoms with Crippen LogP contribution in [0.15, 0.2) is 30.3 Å². The van der Waals surface area contributed by atoms with Gasteiger partial charge in [-0.15, -0.1) is 0 Å². The van der Waals surface area contributed by atoms with E-state index in [4.69, 9.17) is 4.74 Å². The maximum Gasteiger partial charge on any atom is 0.411 e. The average Bonchev–Trinajstić information content (AvgIpc) is 2.62. The van der Waals surface area contributed by atoms with E-state index in [9.17, 15) is 14.7 Å². The molecule has 4 aliphatic rings. The fourth-order valence-corrected chi connectivity index (χ4v) is 6.64. The van der Waals surface area contributed by atoms with Crippen molar-refractivity contribution in [3.8, 4) is 0 Å². The Labute approximate surface area is 179 Å². The van der Waals surface area contributed by atoms with Gasteiger partial charge in [-0.1, -0.05) is 30.3 Å². The molecule has 0 radical (unpaired) electrons. The molecule has 1 aromatic rings. The Hall–Kier alpha value is -2.04. The van der Waals surface area contributed by atoms with Gasteiger partial charge < -0.3 is 9.84 Å². The average molecular weight is 414 g/mol. The van der Waals surface area contributed by atoms with Crippen molar-refractivity contribution >= 4 is 12.1 Å². The lowest BCUT2D eigenvalue weighted by atomic mass is 9.49. The van der Waals surface area contributed by atoms with E-state index in [1.165, 1.54) is 19.3 Å². The highest BCUT2D eigenvalue weighted by atomic mass is 16.6. The summed E-state index contributed by atoms with van der Waals surface area (Å²) in [6.45, 7) is 6.00. The normalized spacial score (nSPS) is 30.7. The SMILES string of the molecule is CC(C)(C)OC(=O)N(CC12CC3CC(CC(C3)C1)C2)[C@@H](Cc1ccccc1)C(=O)O. The quantitative estimate of drug-likeness (QED) is 0.701. The number of carbonyl (C=O) groups excluding carboxylic acids is 1. The summed E-state index contributed by atoms with van der Waals surface area (Å²) >= 11 is 0. The first-order valence-corrected chi connectivity index (χ1v) is 11.4. The van der Waals surface area contributed by atoms with Gasteiger partial charge in [0.1, 0.15) is 11.6 Å². The minimum absolute atomic E-state index is 0.0516. The van der Waals surface area contributed by atoms with Crippen LogP contribution in [0.4, 0.5) is 4.79 Å². The van der Waals surface area contributed by atoms with E-state index in [-0.39, 0.29) is 5.41 Å². The second kappa shape index (κ2) is 7.90. The van der Waals surface area contributed by atoms with Crippen LogP contribution >= 0.6 is 0 Å². The largest absolute Gasteiger partial charge is 0.480 e. The molecule has 5 nitrogen and oxygen atoms in total. The maximum absolute atomic E-state index is 13.3. The molecule has 5 heteroatoms. The molecule has 1 atom stereocenters. The van der Waals surface area contributed by atoms with Crippen molar-refractivity contribution in [2.75, 3.05) is 6.54 Å². The molecule has 5 rings (SSSR count). The predicted molar refractivity (Wildman–Crippen MR) is 115 cm³/mol. The molecule has 4 bridgehead atoms. The van der Waals surface area contributed by atoms with Crippen LogP contribution < -0.4 is 0 Å². The Balaban J connectivity index is 1.61. The van der Waals surface area contributed by atoms with Crippen molar-refractivity contribution in [3.05, 3.63) is 35.9 Å². The van der Waals surface area contributed by atoms with Crippen LogP contribution in [0.1, 0.15) is 64.9 Å². The van der Waals surface area contributed by atoms with E-state index in [0.29, 0.717) is 13.0 Å². The lowest BCUT2D eigenvalue weighted by Crippen LogP contribution is -2.56. The molecule has 1 aromatic carbocycles. The zero-order chi connectivity index (χ0) is 21.5.